The van der Waals surface area contributed by atoms with Crippen LogP contribution in [-0.4, -0.2) is 21.1 Å². The predicted molar refractivity (Wildman–Crippen MR) is 57.7 cm³/mol. The fraction of sp³-hybridized carbons (Fsp3) is 0.300. The second-order valence-corrected chi connectivity index (χ2v) is 4.62. The Hall–Kier alpha value is -1.65. The van der Waals surface area contributed by atoms with Gasteiger partial charge in [0.15, 0.2) is 0 Å². The van der Waals surface area contributed by atoms with Crippen molar-refractivity contribution in [1.82, 2.24) is 0 Å². The second kappa shape index (κ2) is 4.92. The summed E-state index contributed by atoms with van der Waals surface area (Å²) in [5.41, 5.74) is 0.670. The molecular weight excluding hydrogens is 230 g/mol. The van der Waals surface area contributed by atoms with Crippen molar-refractivity contribution < 1.29 is 17.9 Å². The van der Waals surface area contributed by atoms with Crippen molar-refractivity contribution in [3.63, 3.8) is 0 Å². The molecule has 0 heterocycles. The zero-order chi connectivity index (χ0) is 12.2. The van der Waals surface area contributed by atoms with E-state index in [9.17, 15) is 13.2 Å². The minimum atomic E-state index is -3.92. The summed E-state index contributed by atoms with van der Waals surface area (Å²) < 4.78 is 30.8. The molecule has 0 spiro atoms. The van der Waals surface area contributed by atoms with Gasteiger partial charge in [0.1, 0.15) is 5.75 Å². The fourth-order valence-electron chi connectivity index (χ4n) is 1.20. The van der Waals surface area contributed by atoms with Crippen LogP contribution < -0.4 is 4.74 Å². The van der Waals surface area contributed by atoms with Crippen molar-refractivity contribution in [3.05, 3.63) is 23.8 Å². The Morgan fingerprint density at radius 1 is 1.44 bits per heavy atom. The summed E-state index contributed by atoms with van der Waals surface area (Å²) in [4.78, 5) is 9.91. The van der Waals surface area contributed by atoms with Gasteiger partial charge >= 0.3 is 0 Å². The molecular formula is C10H11NO4S. The molecule has 6 heteroatoms. The lowest BCUT2D eigenvalue weighted by molar-refractivity contribution is 0.337. The van der Waals surface area contributed by atoms with E-state index in [-0.39, 0.29) is 4.90 Å². The van der Waals surface area contributed by atoms with Gasteiger partial charge in [-0.3, -0.25) is 0 Å². The largest absolute Gasteiger partial charge is 0.494 e. The van der Waals surface area contributed by atoms with Crippen molar-refractivity contribution in [2.45, 2.75) is 18.7 Å². The summed E-state index contributed by atoms with van der Waals surface area (Å²) in [6, 6.07) is 4.28. The monoisotopic (exact) mass is 241 g/mol. The lowest BCUT2D eigenvalue weighted by Gasteiger charge is -2.07. The SMILES string of the molecule is CCOc1ccc(S(=O)(=O)N=C=O)cc1C. The minimum Gasteiger partial charge on any atom is -0.494 e. The van der Waals surface area contributed by atoms with E-state index in [0.29, 0.717) is 17.9 Å². The topological polar surface area (TPSA) is 72.8 Å². The van der Waals surface area contributed by atoms with Crippen LogP contribution in [0.1, 0.15) is 12.5 Å². The molecule has 0 aliphatic heterocycles. The molecule has 1 rings (SSSR count). The molecule has 0 aliphatic rings. The lowest BCUT2D eigenvalue weighted by atomic mass is 10.2. The number of aryl methyl sites for hydroxylation is 1. The van der Waals surface area contributed by atoms with E-state index in [4.69, 9.17) is 4.74 Å². The smallest absolute Gasteiger partial charge is 0.292 e. The number of sulfonamides is 1. The van der Waals surface area contributed by atoms with E-state index in [1.165, 1.54) is 18.2 Å². The van der Waals surface area contributed by atoms with Crippen molar-refractivity contribution in [1.29, 1.82) is 0 Å². The Labute approximate surface area is 93.8 Å². The molecule has 1 aromatic carbocycles. The first-order valence-electron chi connectivity index (χ1n) is 4.59. The number of isocyanates is 1. The molecule has 0 N–H and O–H groups in total. The Bertz CT molecular complexity index is 530. The van der Waals surface area contributed by atoms with Gasteiger partial charge in [-0.1, -0.05) is 4.40 Å². The van der Waals surface area contributed by atoms with Gasteiger partial charge in [0.25, 0.3) is 16.1 Å². The van der Waals surface area contributed by atoms with Gasteiger partial charge in [-0.2, -0.15) is 8.42 Å². The molecule has 0 radical (unpaired) electrons. The van der Waals surface area contributed by atoms with E-state index in [1.807, 2.05) is 6.92 Å². The summed E-state index contributed by atoms with van der Waals surface area (Å²) in [7, 11) is -3.92. The third kappa shape index (κ3) is 2.68. The van der Waals surface area contributed by atoms with Crippen LogP contribution in [0.4, 0.5) is 0 Å². The molecule has 5 nitrogen and oxygen atoms in total. The van der Waals surface area contributed by atoms with Crippen LogP contribution in [0.25, 0.3) is 0 Å². The first-order valence-corrected chi connectivity index (χ1v) is 6.03. The van der Waals surface area contributed by atoms with E-state index in [0.717, 1.165) is 6.08 Å². The first kappa shape index (κ1) is 12.4. The standard InChI is InChI=1S/C10H11NO4S/c1-3-15-10-5-4-9(6-8(10)2)16(13,14)11-7-12/h4-6H,3H2,1-2H3. The number of nitrogens with zero attached hydrogens (tertiary/aromatic N) is 1. The van der Waals surface area contributed by atoms with E-state index < -0.39 is 10.0 Å². The maximum absolute atomic E-state index is 11.4. The number of benzene rings is 1. The van der Waals surface area contributed by atoms with E-state index in [2.05, 4.69) is 4.40 Å². The predicted octanol–water partition coefficient (Wildman–Crippen LogP) is 1.42. The van der Waals surface area contributed by atoms with E-state index >= 15 is 0 Å². The highest BCUT2D eigenvalue weighted by molar-refractivity contribution is 7.90. The third-order valence-corrected chi connectivity index (χ3v) is 3.07. The average molecular weight is 241 g/mol. The van der Waals surface area contributed by atoms with E-state index in [1.54, 1.807) is 6.92 Å². The maximum Gasteiger partial charge on any atom is 0.292 e. The summed E-state index contributed by atoms with van der Waals surface area (Å²) in [5.74, 6) is 0.608. The van der Waals surface area contributed by atoms with Crippen LogP contribution in [0.2, 0.25) is 0 Å². The highest BCUT2D eigenvalue weighted by Gasteiger charge is 2.13. The molecule has 0 atom stereocenters. The summed E-state index contributed by atoms with van der Waals surface area (Å²) in [6.45, 7) is 4.05. The van der Waals surface area contributed by atoms with Crippen molar-refractivity contribution in [2.24, 2.45) is 4.40 Å². The number of rotatable bonds is 4. The number of hydrogen-bond donors (Lipinski definition) is 0. The lowest BCUT2D eigenvalue weighted by Crippen LogP contribution is -1.99. The van der Waals surface area contributed by atoms with Gasteiger partial charge < -0.3 is 4.74 Å². The molecule has 0 bridgehead atoms. The molecule has 0 amide bonds. The van der Waals surface area contributed by atoms with Gasteiger partial charge in [0.2, 0.25) is 0 Å². The van der Waals surface area contributed by atoms with Gasteiger partial charge in [-0.05, 0) is 37.6 Å². The van der Waals surface area contributed by atoms with Crippen LogP contribution in [-0.2, 0) is 14.8 Å². The first-order chi connectivity index (χ1) is 7.51. The molecule has 1 aromatic rings. The van der Waals surface area contributed by atoms with Crippen molar-refractivity contribution in [2.75, 3.05) is 6.61 Å². The zero-order valence-electron chi connectivity index (χ0n) is 8.93. The Kier molecular flexibility index (Phi) is 3.82. The molecule has 16 heavy (non-hydrogen) atoms. The Balaban J connectivity index is 3.21. The van der Waals surface area contributed by atoms with Gasteiger partial charge in [0, 0.05) is 0 Å². The number of hydrogen-bond acceptors (Lipinski definition) is 4. The third-order valence-electron chi connectivity index (χ3n) is 1.90. The number of ether oxygens (including phenoxy) is 1. The van der Waals surface area contributed by atoms with Crippen LogP contribution in [0.5, 0.6) is 5.75 Å². The van der Waals surface area contributed by atoms with Gasteiger partial charge in [-0.25, -0.2) is 4.79 Å². The van der Waals surface area contributed by atoms with Gasteiger partial charge in [0.05, 0.1) is 11.5 Å². The minimum absolute atomic E-state index is 0.0446. The summed E-state index contributed by atoms with van der Waals surface area (Å²) >= 11 is 0. The normalized spacial score (nSPS) is 10.6. The van der Waals surface area contributed by atoms with Crippen LogP contribution in [0, 0.1) is 6.92 Å². The van der Waals surface area contributed by atoms with Crippen LogP contribution in [0.3, 0.4) is 0 Å². The average Bonchev–Trinajstić information content (AvgIpc) is 2.21. The quantitative estimate of drug-likeness (QED) is 0.590. The molecule has 0 unspecified atom stereocenters. The molecule has 86 valence electrons. The van der Waals surface area contributed by atoms with Gasteiger partial charge in [-0.15, -0.1) is 0 Å². The van der Waals surface area contributed by atoms with Crippen LogP contribution in [0.15, 0.2) is 27.5 Å². The Morgan fingerprint density at radius 3 is 2.62 bits per heavy atom. The molecule has 0 fully saturated rings. The molecule has 0 aliphatic carbocycles. The zero-order valence-corrected chi connectivity index (χ0v) is 9.74. The van der Waals surface area contributed by atoms with Crippen molar-refractivity contribution >= 4 is 16.1 Å². The summed E-state index contributed by atoms with van der Waals surface area (Å²) in [5, 5.41) is 0. The highest BCUT2D eigenvalue weighted by atomic mass is 32.2. The van der Waals surface area contributed by atoms with Crippen molar-refractivity contribution in [3.8, 4) is 5.75 Å². The molecule has 0 saturated carbocycles. The maximum atomic E-state index is 11.4. The summed E-state index contributed by atoms with van der Waals surface area (Å²) in [6.07, 6.45) is 1.02. The fourth-order valence-corrected chi connectivity index (χ4v) is 1.97. The molecule has 0 aromatic heterocycles. The second-order valence-electron chi connectivity index (χ2n) is 3.02. The van der Waals surface area contributed by atoms with Crippen LogP contribution >= 0.6 is 0 Å². The Morgan fingerprint density at radius 2 is 2.12 bits per heavy atom. The molecule has 0 saturated heterocycles. The highest BCUT2D eigenvalue weighted by Crippen LogP contribution is 2.22. The number of carbonyl (C=O) groups excluding carboxylic acids is 1.